The minimum atomic E-state index is -0.805. The molecule has 0 saturated heterocycles. The lowest BCUT2D eigenvalue weighted by Crippen LogP contribution is -2.44. The van der Waals surface area contributed by atoms with Crippen molar-refractivity contribution in [3.05, 3.63) is 59.7 Å². The van der Waals surface area contributed by atoms with E-state index < -0.39 is 24.0 Å². The summed E-state index contributed by atoms with van der Waals surface area (Å²) >= 11 is 0. The predicted octanol–water partition coefficient (Wildman–Crippen LogP) is 4.31. The number of ether oxygens (including phenoxy) is 1. The summed E-state index contributed by atoms with van der Waals surface area (Å²) in [6.45, 7) is 4.25. The molecule has 2 unspecified atom stereocenters. The summed E-state index contributed by atoms with van der Waals surface area (Å²) in [5.41, 5.74) is 4.64. The number of rotatable bonds is 11. The number of carboxylic acid groups (broad SMARTS) is 1. The van der Waals surface area contributed by atoms with Crippen LogP contribution in [0.1, 0.15) is 56.6 Å². The molecule has 0 heterocycles. The lowest BCUT2D eigenvalue weighted by Gasteiger charge is -2.21. The number of alkyl carbamates (subject to hydrolysis) is 1. The van der Waals surface area contributed by atoms with Crippen LogP contribution in [0, 0.1) is 5.92 Å². The standard InChI is InChI=1S/C26H32N2O5/c1-17(25(31)27-15-9-3-4-14-24(29)30)18(2)28-26(32)33-16-23-21-12-7-5-10-19(21)20-11-6-8-13-22(20)23/h5-8,10-13,17-18,23H,3-4,9,14-16H2,1-2H3,(H,27,31)(H,28,32)(H,29,30). The Balaban J connectivity index is 1.44. The van der Waals surface area contributed by atoms with Gasteiger partial charge in [0, 0.05) is 24.9 Å². The second kappa shape index (κ2) is 11.5. The van der Waals surface area contributed by atoms with Crippen LogP contribution >= 0.6 is 0 Å². The second-order valence-corrected chi connectivity index (χ2v) is 8.54. The van der Waals surface area contributed by atoms with Gasteiger partial charge in [0.05, 0.1) is 5.92 Å². The predicted molar refractivity (Wildman–Crippen MR) is 126 cm³/mol. The normalized spacial score (nSPS) is 14.0. The molecule has 7 heteroatoms. The van der Waals surface area contributed by atoms with Crippen LogP contribution in [-0.4, -0.2) is 42.3 Å². The van der Waals surface area contributed by atoms with Gasteiger partial charge in [0.2, 0.25) is 5.91 Å². The molecular formula is C26H32N2O5. The van der Waals surface area contributed by atoms with E-state index in [1.807, 2.05) is 24.3 Å². The topological polar surface area (TPSA) is 105 Å². The number of hydrogen-bond donors (Lipinski definition) is 3. The third-order valence-electron chi connectivity index (χ3n) is 6.22. The van der Waals surface area contributed by atoms with Crippen LogP contribution in [0.2, 0.25) is 0 Å². The third-order valence-corrected chi connectivity index (χ3v) is 6.22. The highest BCUT2D eigenvalue weighted by atomic mass is 16.5. The fourth-order valence-electron chi connectivity index (χ4n) is 4.13. The minimum Gasteiger partial charge on any atom is -0.481 e. The molecule has 1 aliphatic rings. The van der Waals surface area contributed by atoms with Crippen molar-refractivity contribution in [3.63, 3.8) is 0 Å². The Hall–Kier alpha value is -3.35. The van der Waals surface area contributed by atoms with E-state index in [2.05, 4.69) is 34.9 Å². The fourth-order valence-corrected chi connectivity index (χ4v) is 4.13. The fraction of sp³-hybridized carbons (Fsp3) is 0.423. The van der Waals surface area contributed by atoms with Crippen molar-refractivity contribution in [2.24, 2.45) is 5.92 Å². The van der Waals surface area contributed by atoms with Crippen molar-refractivity contribution in [2.45, 2.75) is 51.5 Å². The Morgan fingerprint density at radius 1 is 0.939 bits per heavy atom. The van der Waals surface area contributed by atoms with Crippen molar-refractivity contribution in [3.8, 4) is 11.1 Å². The second-order valence-electron chi connectivity index (χ2n) is 8.54. The molecular weight excluding hydrogens is 420 g/mol. The smallest absolute Gasteiger partial charge is 0.407 e. The van der Waals surface area contributed by atoms with Gasteiger partial charge < -0.3 is 20.5 Å². The number of amides is 2. The van der Waals surface area contributed by atoms with Crippen LogP contribution in [-0.2, 0) is 14.3 Å². The van der Waals surface area contributed by atoms with Crippen LogP contribution in [0.4, 0.5) is 4.79 Å². The maximum atomic E-state index is 12.4. The molecule has 0 bridgehead atoms. The van der Waals surface area contributed by atoms with E-state index in [1.54, 1.807) is 13.8 Å². The van der Waals surface area contributed by atoms with Crippen molar-refractivity contribution in [1.29, 1.82) is 0 Å². The summed E-state index contributed by atoms with van der Waals surface area (Å²) in [4.78, 5) is 35.3. The summed E-state index contributed by atoms with van der Waals surface area (Å²) in [5, 5.41) is 14.2. The van der Waals surface area contributed by atoms with Gasteiger partial charge in [-0.25, -0.2) is 4.79 Å². The first-order valence-corrected chi connectivity index (χ1v) is 11.5. The average Bonchev–Trinajstić information content (AvgIpc) is 3.12. The van der Waals surface area contributed by atoms with E-state index in [0.29, 0.717) is 13.0 Å². The largest absolute Gasteiger partial charge is 0.481 e. The van der Waals surface area contributed by atoms with Crippen molar-refractivity contribution in [2.75, 3.05) is 13.2 Å². The van der Waals surface area contributed by atoms with Gasteiger partial charge in [-0.05, 0) is 42.0 Å². The number of carbonyl (C=O) groups is 3. The van der Waals surface area contributed by atoms with Crippen LogP contribution in [0.25, 0.3) is 11.1 Å². The number of benzene rings is 2. The molecule has 7 nitrogen and oxygen atoms in total. The van der Waals surface area contributed by atoms with Gasteiger partial charge in [-0.15, -0.1) is 0 Å². The Bertz CT molecular complexity index is 945. The Morgan fingerprint density at radius 3 is 2.15 bits per heavy atom. The quantitative estimate of drug-likeness (QED) is 0.441. The van der Waals surface area contributed by atoms with E-state index in [1.165, 1.54) is 11.1 Å². The first-order valence-electron chi connectivity index (χ1n) is 11.5. The summed E-state index contributed by atoms with van der Waals surface area (Å²) in [7, 11) is 0. The van der Waals surface area contributed by atoms with Crippen molar-refractivity contribution >= 4 is 18.0 Å². The van der Waals surface area contributed by atoms with Crippen molar-refractivity contribution < 1.29 is 24.2 Å². The summed E-state index contributed by atoms with van der Waals surface area (Å²) in [6, 6.07) is 15.9. The van der Waals surface area contributed by atoms with Crippen LogP contribution in [0.5, 0.6) is 0 Å². The SMILES string of the molecule is CC(NC(=O)OCC1c2ccccc2-c2ccccc21)C(C)C(=O)NCCCCCC(=O)O. The lowest BCUT2D eigenvalue weighted by molar-refractivity contribution is -0.137. The lowest BCUT2D eigenvalue weighted by atomic mass is 9.98. The zero-order valence-electron chi connectivity index (χ0n) is 19.2. The van der Waals surface area contributed by atoms with Gasteiger partial charge >= 0.3 is 12.1 Å². The molecule has 1 aliphatic carbocycles. The highest BCUT2D eigenvalue weighted by Gasteiger charge is 2.29. The summed E-state index contributed by atoms with van der Waals surface area (Å²) < 4.78 is 5.56. The Kier molecular flexibility index (Phi) is 8.46. The highest BCUT2D eigenvalue weighted by Crippen LogP contribution is 2.44. The first-order chi connectivity index (χ1) is 15.9. The summed E-state index contributed by atoms with van der Waals surface area (Å²) in [5.74, 6) is -1.40. The molecule has 0 radical (unpaired) electrons. The van der Waals surface area contributed by atoms with Gasteiger partial charge in [0.25, 0.3) is 0 Å². The van der Waals surface area contributed by atoms with E-state index in [0.717, 1.165) is 24.0 Å². The molecule has 0 spiro atoms. The number of carboxylic acids is 1. The van der Waals surface area contributed by atoms with Gasteiger partial charge in [-0.1, -0.05) is 61.9 Å². The molecule has 2 aromatic rings. The van der Waals surface area contributed by atoms with Crippen LogP contribution < -0.4 is 10.6 Å². The first kappa shape index (κ1) is 24.3. The summed E-state index contributed by atoms with van der Waals surface area (Å²) in [6.07, 6.45) is 1.66. The number of nitrogens with one attached hydrogen (secondary N) is 2. The molecule has 176 valence electrons. The molecule has 2 atom stereocenters. The Labute approximate surface area is 194 Å². The average molecular weight is 453 g/mol. The van der Waals surface area contributed by atoms with Crippen LogP contribution in [0.15, 0.2) is 48.5 Å². The number of fused-ring (bicyclic) bond motifs is 3. The molecule has 2 aromatic carbocycles. The molecule has 3 N–H and O–H groups in total. The van der Waals surface area contributed by atoms with E-state index in [4.69, 9.17) is 9.84 Å². The van der Waals surface area contributed by atoms with Gasteiger partial charge in [-0.2, -0.15) is 0 Å². The number of unbranched alkanes of at least 4 members (excludes halogenated alkanes) is 2. The van der Waals surface area contributed by atoms with E-state index in [9.17, 15) is 14.4 Å². The molecule has 2 amide bonds. The van der Waals surface area contributed by atoms with Crippen LogP contribution in [0.3, 0.4) is 0 Å². The molecule has 0 saturated carbocycles. The van der Waals surface area contributed by atoms with Gasteiger partial charge in [-0.3, -0.25) is 9.59 Å². The molecule has 0 aliphatic heterocycles. The maximum Gasteiger partial charge on any atom is 0.407 e. The molecule has 33 heavy (non-hydrogen) atoms. The molecule has 0 aromatic heterocycles. The molecule has 3 rings (SSSR count). The molecule has 0 fully saturated rings. The van der Waals surface area contributed by atoms with E-state index >= 15 is 0 Å². The zero-order valence-corrected chi connectivity index (χ0v) is 19.2. The zero-order chi connectivity index (χ0) is 23.8. The monoisotopic (exact) mass is 452 g/mol. The van der Waals surface area contributed by atoms with E-state index in [-0.39, 0.29) is 24.9 Å². The van der Waals surface area contributed by atoms with Gasteiger partial charge in [0.1, 0.15) is 6.61 Å². The maximum absolute atomic E-state index is 12.4. The van der Waals surface area contributed by atoms with Gasteiger partial charge in [0.15, 0.2) is 0 Å². The number of carbonyl (C=O) groups excluding carboxylic acids is 2. The number of aliphatic carboxylic acids is 1. The minimum absolute atomic E-state index is 0.0136. The Morgan fingerprint density at radius 2 is 1.55 bits per heavy atom. The highest BCUT2D eigenvalue weighted by molar-refractivity contribution is 5.80. The number of hydrogen-bond acceptors (Lipinski definition) is 4. The van der Waals surface area contributed by atoms with Crippen molar-refractivity contribution in [1.82, 2.24) is 10.6 Å². The third kappa shape index (κ3) is 6.34.